The van der Waals surface area contributed by atoms with Gasteiger partial charge in [-0.2, -0.15) is 5.10 Å². The predicted molar refractivity (Wildman–Crippen MR) is 133 cm³/mol. The van der Waals surface area contributed by atoms with Crippen LogP contribution in [0.3, 0.4) is 0 Å². The summed E-state index contributed by atoms with van der Waals surface area (Å²) in [7, 11) is 1.57. The first kappa shape index (κ1) is 25.1. The van der Waals surface area contributed by atoms with Crippen LogP contribution in [0.1, 0.15) is 52.7 Å². The second kappa shape index (κ2) is 10.1. The maximum Gasteiger partial charge on any atom is 0.419 e. The molecule has 4 aromatic rings. The quantitative estimate of drug-likeness (QED) is 0.389. The van der Waals surface area contributed by atoms with Crippen molar-refractivity contribution in [1.82, 2.24) is 34.7 Å². The Kier molecular flexibility index (Phi) is 6.66. The lowest BCUT2D eigenvalue weighted by Gasteiger charge is -2.29. The maximum atomic E-state index is 14.4. The molecular formula is C25H26FN7O5. The summed E-state index contributed by atoms with van der Waals surface area (Å²) in [5, 5.41) is 9.19. The van der Waals surface area contributed by atoms with E-state index in [1.54, 1.807) is 37.1 Å². The standard InChI is InChI=1S/C25H26FN7O5/c1-14(24(36)32-8-4-3-5-9-32)29-23(35)19-11-17(30-21-16(26)13-28-33(19)21)22(34)27-12-15-6-7-20-18(10-15)31(2)25(37)38-20/h6-7,10-11,13-14H,3-5,8-9,12H2,1-2H3,(H,27,34)(H,29,35)/t14-/m0/s1. The van der Waals surface area contributed by atoms with E-state index < -0.39 is 29.4 Å². The molecule has 4 heterocycles. The normalized spacial score (nSPS) is 14.6. The van der Waals surface area contributed by atoms with Crippen LogP contribution in [0.25, 0.3) is 16.7 Å². The highest BCUT2D eigenvalue weighted by Gasteiger charge is 2.26. The van der Waals surface area contributed by atoms with Gasteiger partial charge in [-0.1, -0.05) is 6.07 Å². The number of piperidine rings is 1. The first-order valence-electron chi connectivity index (χ1n) is 12.2. The highest BCUT2D eigenvalue weighted by atomic mass is 19.1. The van der Waals surface area contributed by atoms with E-state index >= 15 is 0 Å². The van der Waals surface area contributed by atoms with Crippen molar-refractivity contribution in [2.75, 3.05) is 13.1 Å². The number of nitrogens with one attached hydrogen (secondary N) is 2. The molecule has 38 heavy (non-hydrogen) atoms. The van der Waals surface area contributed by atoms with Crippen molar-refractivity contribution < 1.29 is 23.2 Å². The Labute approximate surface area is 215 Å². The van der Waals surface area contributed by atoms with Crippen LogP contribution in [0.15, 0.2) is 39.7 Å². The van der Waals surface area contributed by atoms with E-state index in [-0.39, 0.29) is 29.5 Å². The molecule has 0 unspecified atom stereocenters. The van der Waals surface area contributed by atoms with Crippen molar-refractivity contribution in [2.24, 2.45) is 7.05 Å². The Morgan fingerprint density at radius 1 is 1.13 bits per heavy atom. The second-order valence-electron chi connectivity index (χ2n) is 9.25. The first-order valence-corrected chi connectivity index (χ1v) is 12.2. The molecule has 1 aromatic carbocycles. The number of amides is 3. The van der Waals surface area contributed by atoms with E-state index in [1.807, 2.05) is 0 Å². The van der Waals surface area contributed by atoms with Gasteiger partial charge in [0, 0.05) is 32.7 Å². The van der Waals surface area contributed by atoms with Gasteiger partial charge in [0.1, 0.15) is 17.4 Å². The summed E-state index contributed by atoms with van der Waals surface area (Å²) in [5.41, 5.74) is 1.02. The van der Waals surface area contributed by atoms with Gasteiger partial charge in [0.2, 0.25) is 5.91 Å². The number of oxazole rings is 1. The van der Waals surface area contributed by atoms with Crippen molar-refractivity contribution in [3.63, 3.8) is 0 Å². The van der Waals surface area contributed by atoms with Gasteiger partial charge in [-0.3, -0.25) is 19.0 Å². The summed E-state index contributed by atoms with van der Waals surface area (Å²) in [6.45, 7) is 2.93. The molecule has 0 saturated carbocycles. The molecule has 3 aromatic heterocycles. The number of carbonyl (C=O) groups excluding carboxylic acids is 3. The number of hydrogen-bond donors (Lipinski definition) is 2. The maximum absolute atomic E-state index is 14.4. The fourth-order valence-electron chi connectivity index (χ4n) is 4.49. The third-order valence-electron chi connectivity index (χ3n) is 6.59. The lowest BCUT2D eigenvalue weighted by atomic mass is 10.1. The van der Waals surface area contributed by atoms with Crippen molar-refractivity contribution in [1.29, 1.82) is 0 Å². The number of benzene rings is 1. The molecule has 1 atom stereocenters. The molecule has 1 saturated heterocycles. The van der Waals surface area contributed by atoms with Crippen LogP contribution < -0.4 is 16.4 Å². The summed E-state index contributed by atoms with van der Waals surface area (Å²) in [4.78, 5) is 56.3. The Balaban J connectivity index is 1.35. The van der Waals surface area contributed by atoms with Gasteiger partial charge in [0.25, 0.3) is 11.8 Å². The molecule has 1 aliphatic heterocycles. The summed E-state index contributed by atoms with van der Waals surface area (Å²) in [6, 6.07) is 5.39. The highest BCUT2D eigenvalue weighted by molar-refractivity contribution is 6.00. The first-order chi connectivity index (χ1) is 18.2. The number of rotatable bonds is 6. The lowest BCUT2D eigenvalue weighted by molar-refractivity contribution is -0.133. The van der Waals surface area contributed by atoms with Gasteiger partial charge < -0.3 is 20.0 Å². The van der Waals surface area contributed by atoms with E-state index in [1.165, 1.54) is 10.6 Å². The SMILES string of the molecule is C[C@H](NC(=O)c1cc(C(=O)NCc2ccc3oc(=O)n(C)c3c2)nc2c(F)cnn12)C(=O)N1CCCCC1. The van der Waals surface area contributed by atoms with E-state index in [9.17, 15) is 23.6 Å². The number of fused-ring (bicyclic) bond motifs is 2. The third-order valence-corrected chi connectivity index (χ3v) is 6.59. The molecule has 0 radical (unpaired) electrons. The van der Waals surface area contributed by atoms with Crippen molar-refractivity contribution >= 4 is 34.5 Å². The minimum atomic E-state index is -0.824. The molecule has 198 valence electrons. The number of hydrogen-bond acceptors (Lipinski definition) is 7. The fourth-order valence-corrected chi connectivity index (χ4v) is 4.49. The number of aromatic nitrogens is 4. The van der Waals surface area contributed by atoms with Gasteiger partial charge >= 0.3 is 5.76 Å². The van der Waals surface area contributed by atoms with E-state index in [0.29, 0.717) is 29.8 Å². The Bertz CT molecular complexity index is 1620. The second-order valence-corrected chi connectivity index (χ2v) is 9.25. The van der Waals surface area contributed by atoms with Crippen LogP contribution in [0.2, 0.25) is 0 Å². The highest BCUT2D eigenvalue weighted by Crippen LogP contribution is 2.16. The van der Waals surface area contributed by atoms with E-state index in [4.69, 9.17) is 4.42 Å². The van der Waals surface area contributed by atoms with Crippen LogP contribution in [0, 0.1) is 5.82 Å². The summed E-state index contributed by atoms with van der Waals surface area (Å²) in [5.74, 6) is -2.86. The Morgan fingerprint density at radius 3 is 2.66 bits per heavy atom. The van der Waals surface area contributed by atoms with Gasteiger partial charge in [-0.05, 0) is 43.9 Å². The van der Waals surface area contributed by atoms with Gasteiger partial charge in [-0.25, -0.2) is 18.7 Å². The number of nitrogens with zero attached hydrogens (tertiary/aromatic N) is 5. The van der Waals surface area contributed by atoms with Crippen LogP contribution in [0.5, 0.6) is 0 Å². The predicted octanol–water partition coefficient (Wildman–Crippen LogP) is 1.37. The minimum absolute atomic E-state index is 0.0750. The van der Waals surface area contributed by atoms with Crippen molar-refractivity contribution in [3.05, 3.63) is 63.8 Å². The summed E-state index contributed by atoms with van der Waals surface area (Å²) < 4.78 is 21.8. The third kappa shape index (κ3) is 4.74. The minimum Gasteiger partial charge on any atom is -0.408 e. The molecule has 0 bridgehead atoms. The molecule has 0 aliphatic carbocycles. The van der Waals surface area contributed by atoms with E-state index in [2.05, 4.69) is 20.7 Å². The largest absolute Gasteiger partial charge is 0.419 e. The zero-order valence-corrected chi connectivity index (χ0v) is 20.9. The van der Waals surface area contributed by atoms with Crippen molar-refractivity contribution in [3.8, 4) is 0 Å². The van der Waals surface area contributed by atoms with Gasteiger partial charge in [0.05, 0.1) is 11.7 Å². The Hall–Kier alpha value is -4.55. The molecule has 1 fully saturated rings. The molecular weight excluding hydrogens is 497 g/mol. The van der Waals surface area contributed by atoms with Gasteiger partial charge in [-0.15, -0.1) is 0 Å². The number of carbonyl (C=O) groups is 3. The van der Waals surface area contributed by atoms with E-state index in [0.717, 1.165) is 30.0 Å². The summed E-state index contributed by atoms with van der Waals surface area (Å²) >= 11 is 0. The average molecular weight is 524 g/mol. The monoisotopic (exact) mass is 523 g/mol. The van der Waals surface area contributed by atoms with Crippen LogP contribution in [-0.4, -0.2) is 60.9 Å². The fraction of sp³-hybridized carbons (Fsp3) is 0.360. The van der Waals surface area contributed by atoms with Gasteiger partial charge in [0.15, 0.2) is 17.0 Å². The molecule has 1 aliphatic rings. The molecule has 2 N–H and O–H groups in total. The average Bonchev–Trinajstić information content (AvgIpc) is 3.44. The molecule has 0 spiro atoms. The zero-order valence-electron chi connectivity index (χ0n) is 20.9. The number of aryl methyl sites for hydroxylation is 1. The van der Waals surface area contributed by atoms with Crippen LogP contribution in [0.4, 0.5) is 4.39 Å². The zero-order chi connectivity index (χ0) is 27.0. The summed E-state index contributed by atoms with van der Waals surface area (Å²) in [6.07, 6.45) is 3.79. The molecule has 13 heteroatoms. The van der Waals surface area contributed by atoms with Crippen LogP contribution in [-0.2, 0) is 18.4 Å². The number of halogens is 1. The smallest absolute Gasteiger partial charge is 0.408 e. The molecule has 12 nitrogen and oxygen atoms in total. The molecule has 3 amide bonds. The van der Waals surface area contributed by atoms with Crippen molar-refractivity contribution in [2.45, 2.75) is 38.8 Å². The topological polar surface area (TPSA) is 144 Å². The number of likely N-dealkylation sites (tertiary alicyclic amines) is 1. The van der Waals surface area contributed by atoms with Crippen LogP contribution >= 0.6 is 0 Å². The Morgan fingerprint density at radius 2 is 1.89 bits per heavy atom. The lowest BCUT2D eigenvalue weighted by Crippen LogP contribution is -2.48. The molecule has 5 rings (SSSR count).